The number of hydrogen-bond donors (Lipinski definition) is 0. The number of benzene rings is 1. The number of rotatable bonds is 7. The second-order valence-corrected chi connectivity index (χ2v) is 8.05. The monoisotopic (exact) mass is 394 g/mol. The zero-order valence-corrected chi connectivity index (χ0v) is 16.3. The standard InChI is InChI=1S/C22H22N2O3S/c25-21-12-18(14-23(21)13-17-6-2-1-3-7-17)22(26)24(15-19-8-4-10-27-19)16-20-9-5-11-28-20/h1-11,18H,12-16H2/t18-/m0/s1. The van der Waals surface area contributed by atoms with Crippen molar-refractivity contribution in [2.45, 2.75) is 26.1 Å². The van der Waals surface area contributed by atoms with Crippen LogP contribution in [0.25, 0.3) is 0 Å². The summed E-state index contributed by atoms with van der Waals surface area (Å²) in [5.74, 6) is 0.478. The SMILES string of the molecule is O=C1C[C@H](C(=O)N(Cc2ccco2)Cc2cccs2)CN1Cc1ccccc1. The first-order valence-corrected chi connectivity index (χ1v) is 10.2. The number of nitrogens with zero attached hydrogens (tertiary/aromatic N) is 2. The fourth-order valence-electron chi connectivity index (χ4n) is 3.55. The molecule has 3 aromatic rings. The van der Waals surface area contributed by atoms with Gasteiger partial charge in [-0.2, -0.15) is 0 Å². The molecule has 0 spiro atoms. The van der Waals surface area contributed by atoms with E-state index in [-0.39, 0.29) is 24.2 Å². The van der Waals surface area contributed by atoms with Gasteiger partial charge in [0.05, 0.1) is 25.3 Å². The fourth-order valence-corrected chi connectivity index (χ4v) is 4.26. The third kappa shape index (κ3) is 4.34. The molecule has 1 aliphatic heterocycles. The lowest BCUT2D eigenvalue weighted by Crippen LogP contribution is -2.36. The lowest BCUT2D eigenvalue weighted by Gasteiger charge is -2.24. The molecule has 1 saturated heterocycles. The highest BCUT2D eigenvalue weighted by molar-refractivity contribution is 7.09. The van der Waals surface area contributed by atoms with E-state index >= 15 is 0 Å². The van der Waals surface area contributed by atoms with Crippen LogP contribution in [0.5, 0.6) is 0 Å². The summed E-state index contributed by atoms with van der Waals surface area (Å²) < 4.78 is 5.45. The van der Waals surface area contributed by atoms with Gasteiger partial charge in [-0.1, -0.05) is 36.4 Å². The molecule has 3 heterocycles. The van der Waals surface area contributed by atoms with E-state index in [1.165, 1.54) is 0 Å². The van der Waals surface area contributed by atoms with E-state index in [1.807, 2.05) is 60.0 Å². The second-order valence-electron chi connectivity index (χ2n) is 7.01. The predicted octanol–water partition coefficient (Wildman–Crippen LogP) is 3.92. The number of carbonyl (C=O) groups excluding carboxylic acids is 2. The minimum absolute atomic E-state index is 0.00807. The molecule has 1 aromatic carbocycles. The van der Waals surface area contributed by atoms with Crippen LogP contribution in [0, 0.1) is 5.92 Å². The lowest BCUT2D eigenvalue weighted by atomic mass is 10.1. The smallest absolute Gasteiger partial charge is 0.228 e. The molecule has 1 fully saturated rings. The Hall–Kier alpha value is -2.86. The number of likely N-dealkylation sites (tertiary alicyclic amines) is 1. The van der Waals surface area contributed by atoms with Crippen LogP contribution in [-0.2, 0) is 29.2 Å². The van der Waals surface area contributed by atoms with Crippen molar-refractivity contribution in [3.05, 3.63) is 82.4 Å². The average Bonchev–Trinajstić information content (AvgIpc) is 3.46. The first kappa shape index (κ1) is 18.5. The molecule has 2 aromatic heterocycles. The molecule has 0 bridgehead atoms. The van der Waals surface area contributed by atoms with Gasteiger partial charge in [0.15, 0.2) is 0 Å². The van der Waals surface area contributed by atoms with Crippen LogP contribution < -0.4 is 0 Å². The van der Waals surface area contributed by atoms with Crippen LogP contribution >= 0.6 is 11.3 Å². The highest BCUT2D eigenvalue weighted by Gasteiger charge is 2.36. The molecule has 1 aliphatic rings. The minimum atomic E-state index is -0.314. The Balaban J connectivity index is 1.46. The fraction of sp³-hybridized carbons (Fsp3) is 0.273. The molecular weight excluding hydrogens is 372 g/mol. The van der Waals surface area contributed by atoms with E-state index in [9.17, 15) is 9.59 Å². The number of hydrogen-bond acceptors (Lipinski definition) is 4. The zero-order valence-electron chi connectivity index (χ0n) is 15.5. The topological polar surface area (TPSA) is 53.8 Å². The van der Waals surface area contributed by atoms with E-state index in [1.54, 1.807) is 27.4 Å². The predicted molar refractivity (Wildman–Crippen MR) is 107 cm³/mol. The van der Waals surface area contributed by atoms with E-state index < -0.39 is 0 Å². The molecule has 4 rings (SSSR count). The van der Waals surface area contributed by atoms with Gasteiger partial charge in [-0.3, -0.25) is 9.59 Å². The molecule has 0 aliphatic carbocycles. The van der Waals surface area contributed by atoms with Gasteiger partial charge in [0.1, 0.15) is 5.76 Å². The van der Waals surface area contributed by atoms with Crippen molar-refractivity contribution >= 4 is 23.2 Å². The van der Waals surface area contributed by atoms with Crippen LogP contribution in [0.4, 0.5) is 0 Å². The van der Waals surface area contributed by atoms with Gasteiger partial charge in [-0.15, -0.1) is 11.3 Å². The molecule has 0 radical (unpaired) electrons. The first-order chi connectivity index (χ1) is 13.7. The maximum atomic E-state index is 13.3. The van der Waals surface area contributed by atoms with Crippen LogP contribution in [0.15, 0.2) is 70.7 Å². The zero-order chi connectivity index (χ0) is 19.3. The van der Waals surface area contributed by atoms with Gasteiger partial charge in [0, 0.05) is 24.4 Å². The molecular formula is C22H22N2O3S. The number of thiophene rings is 1. The van der Waals surface area contributed by atoms with E-state index in [0.717, 1.165) is 16.2 Å². The Labute approximate surface area is 168 Å². The molecule has 0 N–H and O–H groups in total. The Morgan fingerprint density at radius 3 is 2.68 bits per heavy atom. The number of carbonyl (C=O) groups is 2. The summed E-state index contributed by atoms with van der Waals surface area (Å²) in [6.07, 6.45) is 1.88. The first-order valence-electron chi connectivity index (χ1n) is 9.34. The van der Waals surface area contributed by atoms with Crippen molar-refractivity contribution in [3.8, 4) is 0 Å². The highest BCUT2D eigenvalue weighted by atomic mass is 32.1. The van der Waals surface area contributed by atoms with E-state index in [4.69, 9.17) is 4.42 Å². The van der Waals surface area contributed by atoms with Crippen molar-refractivity contribution in [1.29, 1.82) is 0 Å². The van der Waals surface area contributed by atoms with Crippen molar-refractivity contribution in [2.75, 3.05) is 6.54 Å². The van der Waals surface area contributed by atoms with Gasteiger partial charge in [-0.05, 0) is 29.1 Å². The second kappa shape index (κ2) is 8.44. The van der Waals surface area contributed by atoms with Gasteiger partial charge >= 0.3 is 0 Å². The third-order valence-corrected chi connectivity index (χ3v) is 5.81. The number of furan rings is 1. The highest BCUT2D eigenvalue weighted by Crippen LogP contribution is 2.25. The maximum Gasteiger partial charge on any atom is 0.228 e. The van der Waals surface area contributed by atoms with Gasteiger partial charge < -0.3 is 14.2 Å². The normalized spacial score (nSPS) is 16.5. The number of amides is 2. The summed E-state index contributed by atoms with van der Waals surface area (Å²) in [5.41, 5.74) is 1.08. The van der Waals surface area contributed by atoms with Gasteiger partial charge in [0.25, 0.3) is 0 Å². The molecule has 144 valence electrons. The largest absolute Gasteiger partial charge is 0.467 e. The average molecular weight is 394 g/mol. The van der Waals surface area contributed by atoms with Crippen molar-refractivity contribution in [3.63, 3.8) is 0 Å². The summed E-state index contributed by atoms with van der Waals surface area (Å²) in [6.45, 7) is 1.95. The summed E-state index contributed by atoms with van der Waals surface area (Å²) in [6, 6.07) is 17.6. The van der Waals surface area contributed by atoms with Crippen LogP contribution in [-0.4, -0.2) is 28.2 Å². The maximum absolute atomic E-state index is 13.3. The van der Waals surface area contributed by atoms with Crippen molar-refractivity contribution < 1.29 is 14.0 Å². The third-order valence-electron chi connectivity index (χ3n) is 4.95. The molecule has 0 unspecified atom stereocenters. The molecule has 1 atom stereocenters. The van der Waals surface area contributed by atoms with Crippen molar-refractivity contribution in [2.24, 2.45) is 5.92 Å². The summed E-state index contributed by atoms with van der Waals surface area (Å²) in [5, 5.41) is 2.01. The Bertz CT molecular complexity index is 870. The van der Waals surface area contributed by atoms with Gasteiger partial charge in [0.2, 0.25) is 11.8 Å². The minimum Gasteiger partial charge on any atom is -0.467 e. The molecule has 28 heavy (non-hydrogen) atoms. The van der Waals surface area contributed by atoms with Gasteiger partial charge in [-0.25, -0.2) is 0 Å². The molecule has 5 nitrogen and oxygen atoms in total. The van der Waals surface area contributed by atoms with E-state index in [0.29, 0.717) is 26.2 Å². The lowest BCUT2D eigenvalue weighted by molar-refractivity contribution is -0.137. The van der Waals surface area contributed by atoms with Crippen molar-refractivity contribution in [1.82, 2.24) is 9.80 Å². The van der Waals surface area contributed by atoms with Crippen LogP contribution in [0.3, 0.4) is 0 Å². The van der Waals surface area contributed by atoms with Crippen LogP contribution in [0.1, 0.15) is 22.6 Å². The Kier molecular flexibility index (Phi) is 5.58. The Morgan fingerprint density at radius 2 is 1.96 bits per heavy atom. The summed E-state index contributed by atoms with van der Waals surface area (Å²) in [4.78, 5) is 30.4. The Morgan fingerprint density at radius 1 is 1.11 bits per heavy atom. The quantitative estimate of drug-likeness (QED) is 0.610. The molecule has 6 heteroatoms. The van der Waals surface area contributed by atoms with Crippen LogP contribution in [0.2, 0.25) is 0 Å². The summed E-state index contributed by atoms with van der Waals surface area (Å²) >= 11 is 1.62. The van der Waals surface area contributed by atoms with E-state index in [2.05, 4.69) is 0 Å². The molecule has 2 amide bonds. The summed E-state index contributed by atoms with van der Waals surface area (Å²) in [7, 11) is 0. The molecule has 0 saturated carbocycles.